The van der Waals surface area contributed by atoms with Crippen molar-refractivity contribution in [2.24, 2.45) is 7.05 Å². The van der Waals surface area contributed by atoms with E-state index in [1.807, 2.05) is 0 Å². The van der Waals surface area contributed by atoms with Crippen LogP contribution in [0.25, 0.3) is 0 Å². The van der Waals surface area contributed by atoms with Gasteiger partial charge in [-0.15, -0.1) is 0 Å². The van der Waals surface area contributed by atoms with Crippen molar-refractivity contribution >= 4 is 0 Å². The van der Waals surface area contributed by atoms with Gasteiger partial charge in [0.2, 0.25) is 0 Å². The Morgan fingerprint density at radius 1 is 1.62 bits per heavy atom. The smallest absolute Gasteiger partial charge is 1.00 e. The molecule has 3 nitrogen and oxygen atoms in total. The van der Waals surface area contributed by atoms with Crippen LogP contribution in [0.5, 0.6) is 0 Å². The molecule has 0 unspecified atom stereocenters. The number of nitrogens with zero attached hydrogens (tertiary/aromatic N) is 3. The van der Waals surface area contributed by atoms with Crippen LogP contribution in [0.3, 0.4) is 0 Å². The van der Waals surface area contributed by atoms with Crippen LogP contribution in [0, 0.1) is 6.33 Å². The Balaban J connectivity index is 0. The van der Waals surface area contributed by atoms with E-state index >= 15 is 0 Å². The molecule has 0 fully saturated rings. The molecule has 1 rings (SSSR count). The Kier molecular flexibility index (Phi) is 7.10. The molecule has 40 valence electrons. The molecule has 0 radical (unpaired) electrons. The second kappa shape index (κ2) is 5.20. The Morgan fingerprint density at radius 3 is 2.38 bits per heavy atom. The molecule has 0 aliphatic rings. The van der Waals surface area contributed by atoms with Crippen LogP contribution >= 0.6 is 0 Å². The van der Waals surface area contributed by atoms with Crippen molar-refractivity contribution < 1.29 is 31.9 Å². The minimum absolute atomic E-state index is 0. The van der Waals surface area contributed by atoms with E-state index in [0.29, 0.717) is 0 Å². The first-order valence-electron chi connectivity index (χ1n) is 1.61. The fourth-order valence-electron chi connectivity index (χ4n) is 0.238. The average molecular weight is 183 g/mol. The van der Waals surface area contributed by atoms with Crippen LogP contribution < -0.4 is 12.4 Å². The molecule has 0 bridgehead atoms. The van der Waals surface area contributed by atoms with E-state index in [0.717, 1.165) is 0 Å². The summed E-state index contributed by atoms with van der Waals surface area (Å²) in [7, 11) is 1.77. The Bertz CT molecular complexity index is 118. The maximum Gasteiger partial charge on any atom is 2.00 e. The maximum atomic E-state index is 3.67. The summed E-state index contributed by atoms with van der Waals surface area (Å²) in [4.78, 5) is 3.55. The molecule has 8 heavy (non-hydrogen) atoms. The Labute approximate surface area is 66.7 Å². The zero-order valence-electron chi connectivity index (χ0n) is 4.50. The largest absolute Gasteiger partial charge is 2.00 e. The van der Waals surface area contributed by atoms with Gasteiger partial charge in [0.15, 0.2) is 0 Å². The summed E-state index contributed by atoms with van der Waals surface area (Å²) in [5.41, 5.74) is 0. The van der Waals surface area contributed by atoms with Gasteiger partial charge in [-0.1, -0.05) is 0 Å². The van der Waals surface area contributed by atoms with Gasteiger partial charge in [-0.25, -0.2) is 0 Å². The molecule has 0 N–H and O–H groups in total. The van der Waals surface area contributed by atoms with E-state index in [2.05, 4.69) is 16.4 Å². The number of rotatable bonds is 0. The van der Waals surface area contributed by atoms with Gasteiger partial charge in [0.05, 0.1) is 0 Å². The van der Waals surface area contributed by atoms with E-state index in [-0.39, 0.29) is 31.9 Å². The minimum Gasteiger partial charge on any atom is -1.00 e. The monoisotopic (exact) mass is 181 g/mol. The Hall–Kier alpha value is 0.0534. The van der Waals surface area contributed by atoms with Gasteiger partial charge < -0.3 is 22.1 Å². The van der Waals surface area contributed by atoms with Gasteiger partial charge in [-0.05, 0) is 12.7 Å². The fraction of sp³-hybridized carbons (Fsp3) is 0.333. The molecule has 0 atom stereocenters. The number of aryl methyl sites for hydroxylation is 1. The third kappa shape index (κ3) is 3.11. The van der Waals surface area contributed by atoms with Crippen molar-refractivity contribution in [3.05, 3.63) is 12.7 Å². The van der Waals surface area contributed by atoms with Gasteiger partial charge in [-0.2, -0.15) is 0 Å². The molecule has 1 heterocycles. The summed E-state index contributed by atoms with van der Waals surface area (Å²) in [5.74, 6) is 0. The molecule has 0 amide bonds. The van der Waals surface area contributed by atoms with E-state index in [9.17, 15) is 0 Å². The fourth-order valence-corrected chi connectivity index (χ4v) is 0.238. The van der Waals surface area contributed by atoms with Crippen molar-refractivity contribution in [1.82, 2.24) is 14.8 Å². The summed E-state index contributed by atoms with van der Waals surface area (Å²) in [6.45, 7) is 0. The van der Waals surface area contributed by atoms with Crippen molar-refractivity contribution in [3.8, 4) is 0 Å². The number of hydrogen-bond acceptors (Lipinski definition) is 2. The van der Waals surface area contributed by atoms with Gasteiger partial charge in [0, 0.05) is 7.05 Å². The minimum atomic E-state index is 0. The van der Waals surface area contributed by atoms with Gasteiger partial charge in [0.1, 0.15) is 0 Å². The summed E-state index contributed by atoms with van der Waals surface area (Å²) >= 11 is 0. The van der Waals surface area contributed by atoms with Crippen LogP contribution in [-0.4, -0.2) is 14.8 Å². The van der Waals surface area contributed by atoms with E-state index < -0.39 is 0 Å². The predicted molar refractivity (Wildman–Crippen MR) is 19.8 cm³/mol. The Morgan fingerprint density at radius 2 is 2.25 bits per heavy atom. The van der Waals surface area contributed by atoms with E-state index in [1.165, 1.54) is 11.0 Å². The number of halogens is 1. The quantitative estimate of drug-likeness (QED) is 0.310. The van der Waals surface area contributed by atoms with Crippen molar-refractivity contribution in [2.45, 2.75) is 0 Å². The summed E-state index contributed by atoms with van der Waals surface area (Å²) in [6, 6.07) is 0. The van der Waals surface area contributed by atoms with Gasteiger partial charge in [0.25, 0.3) is 0 Å². The third-order valence-electron chi connectivity index (χ3n) is 0.485. The summed E-state index contributed by atoms with van der Waals surface area (Å²) < 4.78 is 1.51. The number of aromatic nitrogens is 3. The zero-order chi connectivity index (χ0) is 4.41. The van der Waals surface area contributed by atoms with Crippen LogP contribution in [0.1, 0.15) is 0 Å². The third-order valence-corrected chi connectivity index (χ3v) is 0.485. The van der Waals surface area contributed by atoms with Crippen molar-refractivity contribution in [1.29, 1.82) is 0 Å². The zero-order valence-corrected chi connectivity index (χ0v) is 8.23. The molecular weight excluding hydrogens is 179 g/mol. The molecule has 1 aromatic rings. The van der Waals surface area contributed by atoms with Gasteiger partial charge in [-0.3, -0.25) is 5.10 Å². The molecule has 1 aromatic heterocycles. The maximum absolute atomic E-state index is 3.67. The van der Waals surface area contributed by atoms with Crippen molar-refractivity contribution in [3.63, 3.8) is 0 Å². The van der Waals surface area contributed by atoms with Crippen molar-refractivity contribution in [2.75, 3.05) is 0 Å². The van der Waals surface area contributed by atoms with Gasteiger partial charge >= 0.3 is 19.5 Å². The summed E-state index contributed by atoms with van der Waals surface area (Å²) in [6.07, 6.45) is 4.00. The molecular formula is C3H4ClN3Zn. The first-order valence-corrected chi connectivity index (χ1v) is 1.61. The average Bonchev–Trinajstić information content (AvgIpc) is 1.86. The van der Waals surface area contributed by atoms with Crippen LogP contribution in [0.15, 0.2) is 6.33 Å². The molecule has 0 aliphatic carbocycles. The normalized spacial score (nSPS) is 6.62. The second-order valence-electron chi connectivity index (χ2n) is 0.984. The standard InChI is InChI=1S/C3H4N3.ClH.Zn/c1-6-3-4-2-5-6;;/h2H,1H3;1H;/q-1;;+2/p-1. The first-order chi connectivity index (χ1) is 2.89. The number of hydrogen-bond donors (Lipinski definition) is 0. The molecule has 0 aromatic carbocycles. The first kappa shape index (κ1) is 10.9. The SMILES string of the molecule is Cn1[c-]ncn1.[Cl-].[Zn+2]. The molecule has 5 heteroatoms. The van der Waals surface area contributed by atoms with Crippen LogP contribution in [0.4, 0.5) is 0 Å². The predicted octanol–water partition coefficient (Wildman–Crippen LogP) is -3.38. The van der Waals surface area contributed by atoms with Crippen LogP contribution in [0.2, 0.25) is 0 Å². The molecule has 0 saturated heterocycles. The topological polar surface area (TPSA) is 30.7 Å². The summed E-state index contributed by atoms with van der Waals surface area (Å²) in [5, 5.41) is 3.67. The van der Waals surface area contributed by atoms with Crippen LogP contribution in [-0.2, 0) is 26.5 Å². The molecule has 0 saturated carbocycles. The molecule has 0 aliphatic heterocycles. The second-order valence-corrected chi connectivity index (χ2v) is 0.984. The van der Waals surface area contributed by atoms with E-state index in [4.69, 9.17) is 0 Å². The molecule has 0 spiro atoms. The van der Waals surface area contributed by atoms with E-state index in [1.54, 1.807) is 7.05 Å².